The Hall–Kier alpha value is -1.10. The van der Waals surface area contributed by atoms with Crippen LogP contribution in [0.3, 0.4) is 0 Å². The molecule has 90 valence electrons. The molecule has 16 heavy (non-hydrogen) atoms. The number of fused-ring (bicyclic) bond motifs is 2. The van der Waals surface area contributed by atoms with Gasteiger partial charge in [0, 0.05) is 12.1 Å². The highest BCUT2D eigenvalue weighted by Gasteiger charge is 2.34. The monoisotopic (exact) mass is 226 g/mol. The van der Waals surface area contributed by atoms with Crippen LogP contribution in [0.1, 0.15) is 25.7 Å². The fraction of sp³-hybridized carbons (Fsp3) is 0.818. The minimum Gasteiger partial charge on any atom is -0.469 e. The number of rotatable bonds is 3. The van der Waals surface area contributed by atoms with Crippen LogP contribution in [0.4, 0.5) is 0 Å². The van der Waals surface area contributed by atoms with Crippen molar-refractivity contribution in [3.05, 3.63) is 0 Å². The summed E-state index contributed by atoms with van der Waals surface area (Å²) in [6, 6.07) is 0.762. The van der Waals surface area contributed by atoms with Gasteiger partial charge in [0.2, 0.25) is 5.91 Å². The summed E-state index contributed by atoms with van der Waals surface area (Å²) in [5.74, 6) is -0.0188. The molecule has 1 saturated carbocycles. The Morgan fingerprint density at radius 1 is 1.38 bits per heavy atom. The second-order valence-corrected chi connectivity index (χ2v) is 4.70. The lowest BCUT2D eigenvalue weighted by atomic mass is 9.86. The Bertz CT molecular complexity index is 281. The maximum atomic E-state index is 11.5. The number of hydrogen-bond acceptors (Lipinski definition) is 4. The van der Waals surface area contributed by atoms with E-state index in [1.165, 1.54) is 13.5 Å². The number of amides is 1. The maximum absolute atomic E-state index is 11.5. The van der Waals surface area contributed by atoms with Gasteiger partial charge in [0.1, 0.15) is 6.42 Å². The highest BCUT2D eigenvalue weighted by Crippen LogP contribution is 2.29. The van der Waals surface area contributed by atoms with Crippen molar-refractivity contribution in [2.45, 2.75) is 37.8 Å². The molecule has 2 N–H and O–H groups in total. The van der Waals surface area contributed by atoms with Crippen LogP contribution in [0.15, 0.2) is 0 Å². The van der Waals surface area contributed by atoms with Crippen molar-refractivity contribution in [1.29, 1.82) is 0 Å². The van der Waals surface area contributed by atoms with Gasteiger partial charge in [-0.3, -0.25) is 9.59 Å². The van der Waals surface area contributed by atoms with Crippen LogP contribution >= 0.6 is 0 Å². The van der Waals surface area contributed by atoms with Gasteiger partial charge in [-0.25, -0.2) is 0 Å². The quantitative estimate of drug-likeness (QED) is 0.517. The van der Waals surface area contributed by atoms with E-state index in [1.54, 1.807) is 0 Å². The number of nitrogens with one attached hydrogen (secondary N) is 2. The number of esters is 1. The molecule has 3 atom stereocenters. The van der Waals surface area contributed by atoms with E-state index in [0.29, 0.717) is 12.0 Å². The number of ether oxygens (including phenoxy) is 1. The molecule has 0 spiro atoms. The van der Waals surface area contributed by atoms with E-state index in [2.05, 4.69) is 15.4 Å². The molecule has 2 aliphatic rings. The van der Waals surface area contributed by atoms with Crippen LogP contribution in [0.5, 0.6) is 0 Å². The van der Waals surface area contributed by atoms with Crippen molar-refractivity contribution in [3.63, 3.8) is 0 Å². The molecule has 5 nitrogen and oxygen atoms in total. The van der Waals surface area contributed by atoms with Crippen LogP contribution in [0.25, 0.3) is 0 Å². The maximum Gasteiger partial charge on any atom is 0.315 e. The van der Waals surface area contributed by atoms with Gasteiger partial charge in [-0.2, -0.15) is 0 Å². The van der Waals surface area contributed by atoms with E-state index in [4.69, 9.17) is 0 Å². The fourth-order valence-electron chi connectivity index (χ4n) is 2.70. The predicted molar refractivity (Wildman–Crippen MR) is 57.7 cm³/mol. The molecular weight excluding hydrogens is 208 g/mol. The zero-order valence-corrected chi connectivity index (χ0v) is 9.49. The van der Waals surface area contributed by atoms with Crippen molar-refractivity contribution in [2.24, 2.45) is 5.92 Å². The van der Waals surface area contributed by atoms with E-state index < -0.39 is 5.97 Å². The standard InChI is InChI=1S/C11H18N2O3/c1-16-11(15)5-10(14)13-9-3-7-2-8(4-9)12-6-7/h7-9,12H,2-6H2,1H3,(H,13,14). The molecule has 1 aliphatic heterocycles. The number of methoxy groups -OCH3 is 1. The second-order valence-electron chi connectivity index (χ2n) is 4.70. The molecule has 1 aliphatic carbocycles. The summed E-state index contributed by atoms with van der Waals surface area (Å²) in [5, 5.41) is 6.34. The summed E-state index contributed by atoms with van der Waals surface area (Å²) in [6.07, 6.45) is 3.05. The van der Waals surface area contributed by atoms with E-state index in [0.717, 1.165) is 19.4 Å². The zero-order chi connectivity index (χ0) is 11.5. The first-order valence-electron chi connectivity index (χ1n) is 5.77. The van der Waals surface area contributed by atoms with Crippen LogP contribution in [0.2, 0.25) is 0 Å². The van der Waals surface area contributed by atoms with Crippen molar-refractivity contribution in [2.75, 3.05) is 13.7 Å². The van der Waals surface area contributed by atoms with Crippen LogP contribution < -0.4 is 10.6 Å². The molecule has 1 heterocycles. The van der Waals surface area contributed by atoms with E-state index in [-0.39, 0.29) is 18.4 Å². The molecule has 0 aromatic carbocycles. The minimum absolute atomic E-state index is 0.171. The Morgan fingerprint density at radius 3 is 2.88 bits per heavy atom. The summed E-state index contributed by atoms with van der Waals surface area (Å²) in [7, 11) is 1.29. The van der Waals surface area contributed by atoms with Crippen molar-refractivity contribution >= 4 is 11.9 Å². The zero-order valence-electron chi connectivity index (χ0n) is 9.49. The average Bonchev–Trinajstić information content (AvgIpc) is 2.57. The van der Waals surface area contributed by atoms with E-state index in [1.807, 2.05) is 0 Å². The Morgan fingerprint density at radius 2 is 2.19 bits per heavy atom. The van der Waals surface area contributed by atoms with Crippen molar-refractivity contribution < 1.29 is 14.3 Å². The highest BCUT2D eigenvalue weighted by atomic mass is 16.5. The molecule has 2 rings (SSSR count). The number of carbonyl (C=O) groups is 2. The molecule has 5 heteroatoms. The molecule has 2 bridgehead atoms. The van der Waals surface area contributed by atoms with Gasteiger partial charge >= 0.3 is 5.97 Å². The highest BCUT2D eigenvalue weighted by molar-refractivity contribution is 5.94. The smallest absolute Gasteiger partial charge is 0.315 e. The van der Waals surface area contributed by atoms with Crippen molar-refractivity contribution in [3.8, 4) is 0 Å². The van der Waals surface area contributed by atoms with Gasteiger partial charge in [0.15, 0.2) is 0 Å². The van der Waals surface area contributed by atoms with Crippen LogP contribution in [-0.2, 0) is 14.3 Å². The molecule has 3 unspecified atom stereocenters. The fourth-order valence-corrected chi connectivity index (χ4v) is 2.70. The lowest BCUT2D eigenvalue weighted by Gasteiger charge is -2.27. The Kier molecular flexibility index (Phi) is 3.43. The van der Waals surface area contributed by atoms with Gasteiger partial charge < -0.3 is 15.4 Å². The first-order chi connectivity index (χ1) is 7.67. The summed E-state index contributed by atoms with van der Waals surface area (Å²) in [6.45, 7) is 1.06. The van der Waals surface area contributed by atoms with Gasteiger partial charge in [0.25, 0.3) is 0 Å². The van der Waals surface area contributed by atoms with Gasteiger partial charge in [-0.15, -0.1) is 0 Å². The molecule has 0 radical (unpaired) electrons. The Balaban J connectivity index is 1.77. The minimum atomic E-state index is -0.477. The number of carbonyl (C=O) groups excluding carboxylic acids is 2. The third kappa shape index (κ3) is 2.72. The van der Waals surface area contributed by atoms with Gasteiger partial charge in [0.05, 0.1) is 7.11 Å². The first-order valence-corrected chi connectivity index (χ1v) is 5.77. The van der Waals surface area contributed by atoms with Crippen LogP contribution in [0, 0.1) is 5.92 Å². The summed E-state index contributed by atoms with van der Waals surface area (Å²) in [5.41, 5.74) is 0. The molecule has 1 amide bonds. The third-order valence-corrected chi connectivity index (χ3v) is 3.40. The first kappa shape index (κ1) is 11.4. The van der Waals surface area contributed by atoms with Gasteiger partial charge in [-0.1, -0.05) is 0 Å². The van der Waals surface area contributed by atoms with Gasteiger partial charge in [-0.05, 0) is 31.7 Å². The average molecular weight is 226 g/mol. The second kappa shape index (κ2) is 4.82. The molecular formula is C11H18N2O3. The summed E-state index contributed by atoms with van der Waals surface area (Å²) < 4.78 is 4.45. The molecule has 2 fully saturated rings. The topological polar surface area (TPSA) is 67.4 Å². The third-order valence-electron chi connectivity index (χ3n) is 3.40. The summed E-state index contributed by atoms with van der Waals surface area (Å²) >= 11 is 0. The lowest BCUT2D eigenvalue weighted by molar-refractivity contribution is -0.144. The molecule has 1 saturated heterocycles. The van der Waals surface area contributed by atoms with Crippen LogP contribution in [-0.4, -0.2) is 37.6 Å². The van der Waals surface area contributed by atoms with Crippen molar-refractivity contribution in [1.82, 2.24) is 10.6 Å². The van der Waals surface area contributed by atoms with E-state index in [9.17, 15) is 9.59 Å². The molecule has 0 aromatic rings. The summed E-state index contributed by atoms with van der Waals surface area (Å²) in [4.78, 5) is 22.4. The normalized spacial score (nSPS) is 32.2. The SMILES string of the molecule is COC(=O)CC(=O)NC1CC2CNC(C2)C1. The lowest BCUT2D eigenvalue weighted by Crippen LogP contribution is -2.41. The van der Waals surface area contributed by atoms with E-state index >= 15 is 0 Å². The number of hydrogen-bond donors (Lipinski definition) is 2. The Labute approximate surface area is 94.9 Å². The molecule has 0 aromatic heterocycles. The largest absolute Gasteiger partial charge is 0.469 e. The predicted octanol–water partition coefficient (Wildman–Crippen LogP) is -0.194.